The lowest BCUT2D eigenvalue weighted by Gasteiger charge is -1.99. The third kappa shape index (κ3) is 1.71. The van der Waals surface area contributed by atoms with Gasteiger partial charge in [0, 0.05) is 0 Å². The van der Waals surface area contributed by atoms with Gasteiger partial charge in [0.05, 0.1) is 9.26 Å². The fraction of sp³-hybridized carbons (Fsp3) is 0.143. The van der Waals surface area contributed by atoms with Crippen LogP contribution in [0.1, 0.15) is 16.2 Å². The van der Waals surface area contributed by atoms with Gasteiger partial charge in [0.15, 0.2) is 5.82 Å². The molecule has 12 heavy (non-hydrogen) atoms. The molecule has 0 aliphatic carbocycles. The minimum atomic E-state index is -1.14. The topological polar surface area (TPSA) is 50.2 Å². The normalized spacial score (nSPS) is 9.92. The molecule has 0 amide bonds. The van der Waals surface area contributed by atoms with Crippen LogP contribution >= 0.6 is 22.6 Å². The second-order valence-corrected chi connectivity index (χ2v) is 3.36. The van der Waals surface area contributed by atoms with Crippen LogP contribution in [-0.2, 0) is 0 Å². The highest BCUT2D eigenvalue weighted by Crippen LogP contribution is 2.14. The van der Waals surface area contributed by atoms with Gasteiger partial charge < -0.3 is 5.11 Å². The van der Waals surface area contributed by atoms with Gasteiger partial charge >= 0.3 is 5.97 Å². The molecule has 0 saturated heterocycles. The first-order valence-corrected chi connectivity index (χ1v) is 4.16. The lowest BCUT2D eigenvalue weighted by atomic mass is 10.3. The van der Waals surface area contributed by atoms with Crippen LogP contribution in [0.3, 0.4) is 0 Å². The standard InChI is InChI=1S/C7H5FINO2/c1-3-6(8)4(9)2-5(10-3)7(11)12/h2H,1H3,(H,11,12). The Labute approximate surface area is 81.8 Å². The smallest absolute Gasteiger partial charge is 0.354 e. The molecule has 0 aliphatic heterocycles. The Bertz CT molecular complexity index is 317. The molecule has 3 nitrogen and oxygen atoms in total. The highest BCUT2D eigenvalue weighted by molar-refractivity contribution is 14.1. The van der Waals surface area contributed by atoms with Crippen LogP contribution in [0.5, 0.6) is 0 Å². The van der Waals surface area contributed by atoms with Crippen molar-refractivity contribution in [2.24, 2.45) is 0 Å². The number of carbonyl (C=O) groups is 1. The SMILES string of the molecule is Cc1nc(C(=O)O)cc(I)c1F. The number of carboxylic acids is 1. The fourth-order valence-electron chi connectivity index (χ4n) is 0.728. The second kappa shape index (κ2) is 3.34. The Hall–Kier alpha value is -0.720. The van der Waals surface area contributed by atoms with Crippen LogP contribution < -0.4 is 0 Å². The summed E-state index contributed by atoms with van der Waals surface area (Å²) in [5.41, 5.74) is -0.0161. The van der Waals surface area contributed by atoms with Crippen LogP contribution in [-0.4, -0.2) is 16.1 Å². The Balaban J connectivity index is 3.31. The average molecular weight is 281 g/mol. The zero-order chi connectivity index (χ0) is 9.30. The zero-order valence-corrected chi connectivity index (χ0v) is 8.29. The molecule has 1 aromatic heterocycles. The largest absolute Gasteiger partial charge is 0.477 e. The van der Waals surface area contributed by atoms with Gasteiger partial charge in [-0.2, -0.15) is 0 Å². The van der Waals surface area contributed by atoms with Gasteiger partial charge in [-0.3, -0.25) is 0 Å². The predicted molar refractivity (Wildman–Crippen MR) is 48.6 cm³/mol. The molecule has 1 rings (SSSR count). The molecule has 64 valence electrons. The van der Waals surface area contributed by atoms with Crippen LogP contribution in [0.25, 0.3) is 0 Å². The number of carboxylic acid groups (broad SMARTS) is 1. The average Bonchev–Trinajstić information content (AvgIpc) is 1.99. The first-order chi connectivity index (χ1) is 5.52. The maximum Gasteiger partial charge on any atom is 0.354 e. The summed E-state index contributed by atoms with van der Waals surface area (Å²) in [6, 6.07) is 1.20. The summed E-state index contributed by atoms with van der Waals surface area (Å²) < 4.78 is 13.2. The van der Waals surface area contributed by atoms with E-state index in [-0.39, 0.29) is 15.0 Å². The molecular weight excluding hydrogens is 276 g/mol. The molecule has 0 aliphatic rings. The van der Waals surface area contributed by atoms with Gasteiger partial charge in [-0.25, -0.2) is 14.2 Å². The highest BCUT2D eigenvalue weighted by atomic mass is 127. The van der Waals surface area contributed by atoms with E-state index in [1.54, 1.807) is 22.6 Å². The minimum Gasteiger partial charge on any atom is -0.477 e. The van der Waals surface area contributed by atoms with Crippen LogP contribution in [0.2, 0.25) is 0 Å². The summed E-state index contributed by atoms with van der Waals surface area (Å²) in [5.74, 6) is -1.60. The molecular formula is C7H5FINO2. The van der Waals surface area contributed by atoms with Crippen LogP contribution in [0.4, 0.5) is 4.39 Å². The highest BCUT2D eigenvalue weighted by Gasteiger charge is 2.11. The van der Waals surface area contributed by atoms with E-state index < -0.39 is 11.8 Å². The Morgan fingerprint density at radius 1 is 1.75 bits per heavy atom. The number of nitrogens with zero attached hydrogens (tertiary/aromatic N) is 1. The quantitative estimate of drug-likeness (QED) is 0.799. The van der Waals surface area contributed by atoms with Gasteiger partial charge in [0.2, 0.25) is 0 Å². The van der Waals surface area contributed by atoms with E-state index in [0.29, 0.717) is 0 Å². The van der Waals surface area contributed by atoms with Crippen molar-refractivity contribution in [3.8, 4) is 0 Å². The van der Waals surface area contributed by atoms with Crippen molar-refractivity contribution >= 4 is 28.6 Å². The summed E-state index contributed by atoms with van der Waals surface area (Å²) in [7, 11) is 0. The van der Waals surface area contributed by atoms with Gasteiger partial charge in [-0.15, -0.1) is 0 Å². The number of rotatable bonds is 1. The number of hydrogen-bond donors (Lipinski definition) is 1. The predicted octanol–water partition coefficient (Wildman–Crippen LogP) is 1.83. The Kier molecular flexibility index (Phi) is 2.61. The molecule has 0 atom stereocenters. The molecule has 0 bridgehead atoms. The van der Waals surface area contributed by atoms with Gasteiger partial charge in [-0.1, -0.05) is 0 Å². The first kappa shape index (κ1) is 9.37. The molecule has 0 fully saturated rings. The molecule has 0 spiro atoms. The maximum atomic E-state index is 12.9. The molecule has 1 heterocycles. The number of aromatic nitrogens is 1. The second-order valence-electron chi connectivity index (χ2n) is 2.19. The van der Waals surface area contributed by atoms with Crippen molar-refractivity contribution in [3.05, 3.63) is 26.8 Å². The lowest BCUT2D eigenvalue weighted by Crippen LogP contribution is -2.04. The van der Waals surface area contributed by atoms with Crippen molar-refractivity contribution in [2.75, 3.05) is 0 Å². The molecule has 1 N–H and O–H groups in total. The van der Waals surface area contributed by atoms with E-state index in [1.807, 2.05) is 0 Å². The number of pyridine rings is 1. The van der Waals surface area contributed by atoms with Gasteiger partial charge in [0.25, 0.3) is 0 Å². The first-order valence-electron chi connectivity index (χ1n) is 3.08. The molecule has 5 heteroatoms. The monoisotopic (exact) mass is 281 g/mol. The van der Waals surface area contributed by atoms with Crippen molar-refractivity contribution in [3.63, 3.8) is 0 Å². The van der Waals surface area contributed by atoms with E-state index >= 15 is 0 Å². The van der Waals surface area contributed by atoms with Crippen LogP contribution in [0, 0.1) is 16.3 Å². The van der Waals surface area contributed by atoms with Gasteiger partial charge in [-0.05, 0) is 35.6 Å². The summed E-state index contributed by atoms with van der Waals surface area (Å²) in [6.45, 7) is 1.43. The molecule has 1 aromatic rings. The summed E-state index contributed by atoms with van der Waals surface area (Å²) >= 11 is 1.73. The van der Waals surface area contributed by atoms with Crippen molar-refractivity contribution in [1.82, 2.24) is 4.98 Å². The van der Waals surface area contributed by atoms with Crippen molar-refractivity contribution < 1.29 is 14.3 Å². The van der Waals surface area contributed by atoms with E-state index in [0.717, 1.165) is 0 Å². The number of aryl methyl sites for hydroxylation is 1. The molecule has 0 radical (unpaired) electrons. The van der Waals surface area contributed by atoms with Crippen molar-refractivity contribution in [2.45, 2.75) is 6.92 Å². The number of halogens is 2. The molecule has 0 saturated carbocycles. The summed E-state index contributed by atoms with van der Waals surface area (Å²) in [6.07, 6.45) is 0. The Morgan fingerprint density at radius 3 is 2.75 bits per heavy atom. The van der Waals surface area contributed by atoms with Crippen molar-refractivity contribution in [1.29, 1.82) is 0 Å². The van der Waals surface area contributed by atoms with Gasteiger partial charge in [0.1, 0.15) is 5.69 Å². The van der Waals surface area contributed by atoms with Crippen LogP contribution in [0.15, 0.2) is 6.07 Å². The zero-order valence-electron chi connectivity index (χ0n) is 6.14. The fourth-order valence-corrected chi connectivity index (χ4v) is 1.41. The third-order valence-electron chi connectivity index (χ3n) is 1.30. The minimum absolute atomic E-state index is 0.110. The lowest BCUT2D eigenvalue weighted by molar-refractivity contribution is 0.0690. The summed E-state index contributed by atoms with van der Waals surface area (Å²) in [4.78, 5) is 14.0. The molecule has 0 aromatic carbocycles. The molecule has 0 unspecified atom stereocenters. The van der Waals surface area contributed by atoms with E-state index in [9.17, 15) is 9.18 Å². The Morgan fingerprint density at radius 2 is 2.33 bits per heavy atom. The third-order valence-corrected chi connectivity index (χ3v) is 2.08. The maximum absolute atomic E-state index is 12.9. The number of aromatic carboxylic acids is 1. The van der Waals surface area contributed by atoms with E-state index in [2.05, 4.69) is 4.98 Å². The van der Waals surface area contributed by atoms with E-state index in [4.69, 9.17) is 5.11 Å². The summed E-state index contributed by atoms with van der Waals surface area (Å²) in [5, 5.41) is 8.54. The van der Waals surface area contributed by atoms with E-state index in [1.165, 1.54) is 13.0 Å². The number of hydrogen-bond acceptors (Lipinski definition) is 2.